The van der Waals surface area contributed by atoms with Gasteiger partial charge in [-0.05, 0) is 37.5 Å². The van der Waals surface area contributed by atoms with Gasteiger partial charge in [0.15, 0.2) is 0 Å². The zero-order chi connectivity index (χ0) is 15.5. The Morgan fingerprint density at radius 1 is 1.29 bits per heavy atom. The number of aromatic nitrogens is 1. The van der Waals surface area contributed by atoms with Crippen LogP contribution in [0, 0.1) is 6.92 Å². The van der Waals surface area contributed by atoms with Gasteiger partial charge >= 0.3 is 0 Å². The number of aryl methyl sites for hydroxylation is 2. The predicted octanol–water partition coefficient (Wildman–Crippen LogP) is 3.20. The van der Waals surface area contributed by atoms with Crippen LogP contribution in [0.4, 0.5) is 0 Å². The first kappa shape index (κ1) is 16.3. The molecule has 0 amide bonds. The van der Waals surface area contributed by atoms with E-state index in [9.17, 15) is 8.42 Å². The smallest absolute Gasteiger partial charge is 0.242 e. The van der Waals surface area contributed by atoms with Gasteiger partial charge in [0.1, 0.15) is 11.2 Å². The first-order valence-corrected chi connectivity index (χ1v) is 8.47. The van der Waals surface area contributed by atoms with Crippen molar-refractivity contribution >= 4 is 33.2 Å². The number of hydrogen-bond acceptors (Lipinski definition) is 4. The van der Waals surface area contributed by atoms with E-state index in [-0.39, 0.29) is 9.92 Å². The van der Waals surface area contributed by atoms with Crippen molar-refractivity contribution in [2.45, 2.75) is 24.7 Å². The molecule has 1 heterocycles. The quantitative estimate of drug-likeness (QED) is 0.813. The van der Waals surface area contributed by atoms with E-state index in [0.717, 1.165) is 5.56 Å². The van der Waals surface area contributed by atoms with Crippen LogP contribution in [0.25, 0.3) is 0 Å². The van der Waals surface area contributed by atoms with Crippen LogP contribution in [0.2, 0.25) is 10.0 Å². The van der Waals surface area contributed by atoms with Crippen molar-refractivity contribution < 1.29 is 12.9 Å². The number of nitrogens with zero attached hydrogens (tertiary/aromatic N) is 1. The van der Waals surface area contributed by atoms with Crippen molar-refractivity contribution in [3.63, 3.8) is 0 Å². The predicted molar refractivity (Wildman–Crippen MR) is 81.2 cm³/mol. The molecular formula is C13H14Cl2N2O3S. The van der Waals surface area contributed by atoms with E-state index in [4.69, 9.17) is 27.7 Å². The molecule has 21 heavy (non-hydrogen) atoms. The molecule has 0 spiro atoms. The SMILES string of the molecule is Cc1cc(S(=O)(=O)NCCCc2cnoc2)c(Cl)cc1Cl. The maximum Gasteiger partial charge on any atom is 0.242 e. The zero-order valence-corrected chi connectivity index (χ0v) is 13.6. The Labute approximate surface area is 133 Å². The molecule has 114 valence electrons. The fraction of sp³-hybridized carbons (Fsp3) is 0.308. The molecule has 0 unspecified atom stereocenters. The Bertz CT molecular complexity index is 715. The summed E-state index contributed by atoms with van der Waals surface area (Å²) >= 11 is 11.9. The molecule has 0 saturated heterocycles. The highest BCUT2D eigenvalue weighted by atomic mass is 35.5. The number of benzene rings is 1. The molecule has 0 saturated carbocycles. The maximum absolute atomic E-state index is 12.2. The highest BCUT2D eigenvalue weighted by Crippen LogP contribution is 2.28. The van der Waals surface area contributed by atoms with Crippen LogP contribution in [0.5, 0.6) is 0 Å². The first-order valence-electron chi connectivity index (χ1n) is 6.24. The Kier molecular flexibility index (Phi) is 5.27. The van der Waals surface area contributed by atoms with Crippen LogP contribution >= 0.6 is 23.2 Å². The van der Waals surface area contributed by atoms with E-state index in [1.165, 1.54) is 18.4 Å². The van der Waals surface area contributed by atoms with Gasteiger partial charge in [-0.2, -0.15) is 0 Å². The summed E-state index contributed by atoms with van der Waals surface area (Å²) in [7, 11) is -3.65. The summed E-state index contributed by atoms with van der Waals surface area (Å²) in [6.45, 7) is 2.02. The second-order valence-corrected chi connectivity index (χ2v) is 7.12. The molecular weight excluding hydrogens is 335 g/mol. The van der Waals surface area contributed by atoms with E-state index in [2.05, 4.69) is 9.88 Å². The summed E-state index contributed by atoms with van der Waals surface area (Å²) in [5.74, 6) is 0. The number of halogens is 2. The fourth-order valence-electron chi connectivity index (χ4n) is 1.76. The molecule has 0 radical (unpaired) electrons. The molecule has 0 fully saturated rings. The lowest BCUT2D eigenvalue weighted by molar-refractivity contribution is 0.418. The summed E-state index contributed by atoms with van der Waals surface area (Å²) in [6.07, 6.45) is 4.45. The van der Waals surface area contributed by atoms with Crippen molar-refractivity contribution in [1.29, 1.82) is 0 Å². The second kappa shape index (κ2) is 6.79. The van der Waals surface area contributed by atoms with Crippen molar-refractivity contribution in [3.8, 4) is 0 Å². The average Bonchev–Trinajstić information content (AvgIpc) is 2.92. The Balaban J connectivity index is 2.00. The molecule has 8 heteroatoms. The van der Waals surface area contributed by atoms with Crippen LogP contribution in [0.15, 0.2) is 34.0 Å². The molecule has 5 nitrogen and oxygen atoms in total. The van der Waals surface area contributed by atoms with Crippen LogP contribution in [0.3, 0.4) is 0 Å². The van der Waals surface area contributed by atoms with E-state index in [1.807, 2.05) is 0 Å². The lowest BCUT2D eigenvalue weighted by Gasteiger charge is -2.10. The lowest BCUT2D eigenvalue weighted by Crippen LogP contribution is -2.25. The van der Waals surface area contributed by atoms with E-state index in [1.54, 1.807) is 13.1 Å². The second-order valence-electron chi connectivity index (χ2n) is 4.57. The lowest BCUT2D eigenvalue weighted by atomic mass is 10.2. The Morgan fingerprint density at radius 2 is 2.05 bits per heavy atom. The normalized spacial score (nSPS) is 11.8. The number of sulfonamides is 1. The third-order valence-electron chi connectivity index (χ3n) is 2.92. The molecule has 2 aromatic rings. The van der Waals surface area contributed by atoms with E-state index < -0.39 is 10.0 Å². The summed E-state index contributed by atoms with van der Waals surface area (Å²) in [5, 5.41) is 4.13. The van der Waals surface area contributed by atoms with Gasteiger partial charge in [-0.25, -0.2) is 13.1 Å². The molecule has 1 N–H and O–H groups in total. The molecule has 0 atom stereocenters. The van der Waals surface area contributed by atoms with Crippen molar-refractivity contribution in [2.24, 2.45) is 0 Å². The summed E-state index contributed by atoms with van der Waals surface area (Å²) in [5.41, 5.74) is 1.58. The van der Waals surface area contributed by atoms with Crippen LogP contribution in [-0.2, 0) is 16.4 Å². The van der Waals surface area contributed by atoms with E-state index in [0.29, 0.717) is 30.0 Å². The first-order chi connectivity index (χ1) is 9.90. The van der Waals surface area contributed by atoms with Crippen LogP contribution < -0.4 is 4.72 Å². The van der Waals surface area contributed by atoms with Gasteiger partial charge in [0.05, 0.1) is 11.2 Å². The van der Waals surface area contributed by atoms with Gasteiger partial charge in [0.2, 0.25) is 10.0 Å². The van der Waals surface area contributed by atoms with E-state index >= 15 is 0 Å². The van der Waals surface area contributed by atoms with Gasteiger partial charge in [-0.3, -0.25) is 0 Å². The Hall–Kier alpha value is -1.08. The third-order valence-corrected chi connectivity index (χ3v) is 5.25. The summed E-state index contributed by atoms with van der Waals surface area (Å²) in [6, 6.07) is 2.90. The minimum Gasteiger partial charge on any atom is -0.364 e. The fourth-order valence-corrected chi connectivity index (χ4v) is 3.67. The minimum atomic E-state index is -3.65. The Morgan fingerprint density at radius 3 is 2.71 bits per heavy atom. The van der Waals surface area contributed by atoms with Crippen molar-refractivity contribution in [1.82, 2.24) is 9.88 Å². The standard InChI is InChI=1S/C13H14Cl2N2O3S/c1-9-5-13(12(15)6-11(9)14)21(18,19)17-4-2-3-10-7-16-20-8-10/h5-8,17H,2-4H2,1H3. The highest BCUT2D eigenvalue weighted by molar-refractivity contribution is 7.89. The van der Waals surface area contributed by atoms with Crippen molar-refractivity contribution in [2.75, 3.05) is 6.54 Å². The minimum absolute atomic E-state index is 0.0380. The topological polar surface area (TPSA) is 72.2 Å². The monoisotopic (exact) mass is 348 g/mol. The molecule has 1 aromatic heterocycles. The molecule has 0 bridgehead atoms. The van der Waals surface area contributed by atoms with Crippen LogP contribution in [-0.4, -0.2) is 20.1 Å². The molecule has 1 aromatic carbocycles. The largest absolute Gasteiger partial charge is 0.364 e. The summed E-state index contributed by atoms with van der Waals surface area (Å²) < 4.78 is 31.6. The molecule has 0 aliphatic rings. The highest BCUT2D eigenvalue weighted by Gasteiger charge is 2.18. The molecule has 0 aliphatic heterocycles. The zero-order valence-electron chi connectivity index (χ0n) is 11.3. The molecule has 0 aliphatic carbocycles. The average molecular weight is 349 g/mol. The number of nitrogens with one attached hydrogen (secondary N) is 1. The van der Waals surface area contributed by atoms with Crippen molar-refractivity contribution in [3.05, 3.63) is 45.8 Å². The maximum atomic E-state index is 12.2. The summed E-state index contributed by atoms with van der Waals surface area (Å²) in [4.78, 5) is 0.0380. The van der Waals surface area contributed by atoms with Gasteiger partial charge in [0.25, 0.3) is 0 Å². The third kappa shape index (κ3) is 4.20. The molecule has 2 rings (SSSR count). The van der Waals surface area contributed by atoms with Gasteiger partial charge < -0.3 is 4.52 Å². The van der Waals surface area contributed by atoms with Gasteiger partial charge in [0, 0.05) is 17.1 Å². The van der Waals surface area contributed by atoms with Gasteiger partial charge in [-0.15, -0.1) is 0 Å². The number of rotatable bonds is 6. The number of hydrogen-bond donors (Lipinski definition) is 1. The van der Waals surface area contributed by atoms with Crippen LogP contribution in [0.1, 0.15) is 17.5 Å². The van der Waals surface area contributed by atoms with Gasteiger partial charge in [-0.1, -0.05) is 28.4 Å².